The van der Waals surface area contributed by atoms with E-state index in [9.17, 15) is 19.1 Å². The number of likely N-dealkylation sites (tertiary alicyclic amines) is 1. The second-order valence-electron chi connectivity index (χ2n) is 9.58. The zero-order valence-electron chi connectivity index (χ0n) is 22.0. The van der Waals surface area contributed by atoms with Crippen molar-refractivity contribution in [3.05, 3.63) is 105 Å². The molecule has 0 spiro atoms. The first-order valence-corrected chi connectivity index (χ1v) is 12.6. The molecule has 4 rings (SSSR count). The molecule has 1 heterocycles. The maximum atomic E-state index is 13.9. The summed E-state index contributed by atoms with van der Waals surface area (Å²) in [7, 11) is 0. The summed E-state index contributed by atoms with van der Waals surface area (Å²) in [6, 6.07) is 17.2. The smallest absolute Gasteiger partial charge is 0.295 e. The van der Waals surface area contributed by atoms with E-state index in [1.807, 2.05) is 56.3 Å². The fourth-order valence-electron chi connectivity index (χ4n) is 4.95. The molecule has 1 amide bonds. The van der Waals surface area contributed by atoms with Crippen molar-refractivity contribution < 1.29 is 19.1 Å². The van der Waals surface area contributed by atoms with Gasteiger partial charge in [-0.3, -0.25) is 9.59 Å². The average Bonchev–Trinajstić information content (AvgIpc) is 3.13. The fourth-order valence-corrected chi connectivity index (χ4v) is 4.95. The van der Waals surface area contributed by atoms with E-state index in [1.54, 1.807) is 6.92 Å². The van der Waals surface area contributed by atoms with E-state index in [0.717, 1.165) is 41.0 Å². The van der Waals surface area contributed by atoms with Crippen LogP contribution in [0.3, 0.4) is 0 Å². The molecule has 1 atom stereocenters. The van der Waals surface area contributed by atoms with E-state index in [0.29, 0.717) is 11.1 Å². The molecule has 0 bridgehead atoms. The van der Waals surface area contributed by atoms with Gasteiger partial charge in [-0.15, -0.1) is 0 Å². The van der Waals surface area contributed by atoms with Crippen molar-refractivity contribution in [1.29, 1.82) is 0 Å². The van der Waals surface area contributed by atoms with Crippen LogP contribution in [0.2, 0.25) is 0 Å². The Morgan fingerprint density at radius 3 is 2.22 bits per heavy atom. The van der Waals surface area contributed by atoms with Gasteiger partial charge in [0.1, 0.15) is 11.6 Å². The molecule has 5 nitrogen and oxygen atoms in total. The highest BCUT2D eigenvalue weighted by molar-refractivity contribution is 6.46. The third kappa shape index (κ3) is 5.01. The van der Waals surface area contributed by atoms with Crippen LogP contribution in [0.1, 0.15) is 53.3 Å². The quantitative estimate of drug-likeness (QED) is 0.238. The van der Waals surface area contributed by atoms with E-state index in [4.69, 9.17) is 0 Å². The monoisotopic (exact) mass is 500 g/mol. The highest BCUT2D eigenvalue weighted by Crippen LogP contribution is 2.41. The molecule has 1 saturated heterocycles. The first-order chi connectivity index (χ1) is 17.7. The normalized spacial score (nSPS) is 16.9. The van der Waals surface area contributed by atoms with Crippen molar-refractivity contribution in [3.8, 4) is 0 Å². The Hall–Kier alpha value is -3.93. The number of hydrogen-bond acceptors (Lipinski definition) is 4. The molecule has 0 aliphatic carbocycles. The summed E-state index contributed by atoms with van der Waals surface area (Å²) in [5, 5.41) is 11.3. The fraction of sp³-hybridized carbons (Fsp3) is 0.290. The molecule has 1 N–H and O–H groups in total. The standard InChI is InChI=1S/C31H33FN2O3/c1-6-33(7-2)25-13-10-22(11-14-25)28-27(29(35)23-12-15-26(32)21(5)17-23)30(36)31(37)34(28)18-24-16-19(3)8-9-20(24)4/h8-17,28,35H,6-7,18H2,1-5H3/b29-27-. The van der Waals surface area contributed by atoms with Crippen LogP contribution in [-0.4, -0.2) is 34.8 Å². The number of anilines is 1. The molecule has 6 heteroatoms. The van der Waals surface area contributed by atoms with Gasteiger partial charge >= 0.3 is 0 Å². The predicted molar refractivity (Wildman–Crippen MR) is 145 cm³/mol. The molecule has 1 fully saturated rings. The Kier molecular flexibility index (Phi) is 7.48. The van der Waals surface area contributed by atoms with Crippen LogP contribution in [0.15, 0.2) is 66.2 Å². The van der Waals surface area contributed by atoms with Gasteiger partial charge in [-0.1, -0.05) is 35.9 Å². The molecule has 37 heavy (non-hydrogen) atoms. The van der Waals surface area contributed by atoms with Crippen molar-refractivity contribution in [2.24, 2.45) is 0 Å². The van der Waals surface area contributed by atoms with Gasteiger partial charge in [0.25, 0.3) is 11.7 Å². The number of hydrogen-bond donors (Lipinski definition) is 1. The summed E-state index contributed by atoms with van der Waals surface area (Å²) < 4.78 is 13.9. The summed E-state index contributed by atoms with van der Waals surface area (Å²) in [4.78, 5) is 30.5. The van der Waals surface area contributed by atoms with Crippen molar-refractivity contribution in [2.45, 2.75) is 47.2 Å². The average molecular weight is 501 g/mol. The van der Waals surface area contributed by atoms with Gasteiger partial charge in [-0.2, -0.15) is 0 Å². The number of aliphatic hydroxyl groups excluding tert-OH is 1. The predicted octanol–water partition coefficient (Wildman–Crippen LogP) is 6.22. The minimum absolute atomic E-state index is 0.0110. The van der Waals surface area contributed by atoms with Crippen LogP contribution in [-0.2, 0) is 16.1 Å². The van der Waals surface area contributed by atoms with Crippen molar-refractivity contribution in [2.75, 3.05) is 18.0 Å². The Morgan fingerprint density at radius 1 is 0.919 bits per heavy atom. The molecule has 192 valence electrons. The zero-order valence-corrected chi connectivity index (χ0v) is 22.0. The number of nitrogens with zero attached hydrogens (tertiary/aromatic N) is 2. The van der Waals surface area contributed by atoms with Gasteiger partial charge in [-0.05, 0) is 87.2 Å². The summed E-state index contributed by atoms with van der Waals surface area (Å²) in [5.41, 5.74) is 5.41. The van der Waals surface area contributed by atoms with Gasteiger partial charge in [0.2, 0.25) is 0 Å². The topological polar surface area (TPSA) is 60.9 Å². The Labute approximate surface area is 217 Å². The summed E-state index contributed by atoms with van der Waals surface area (Å²) in [5.74, 6) is -2.13. The maximum absolute atomic E-state index is 13.9. The number of aliphatic hydroxyl groups is 1. The molecule has 0 aromatic heterocycles. The van der Waals surface area contributed by atoms with Crippen LogP contribution in [0.25, 0.3) is 5.76 Å². The van der Waals surface area contributed by atoms with Crippen molar-refractivity contribution in [3.63, 3.8) is 0 Å². The molecule has 1 aliphatic rings. The SMILES string of the molecule is CCN(CC)c1ccc(C2/C(=C(/O)c3ccc(F)c(C)c3)C(=O)C(=O)N2Cc2cc(C)ccc2C)cc1. The maximum Gasteiger partial charge on any atom is 0.295 e. The molecular weight excluding hydrogens is 467 g/mol. The lowest BCUT2D eigenvalue weighted by Gasteiger charge is -2.27. The number of carbonyl (C=O) groups excluding carboxylic acids is 2. The van der Waals surface area contributed by atoms with Crippen LogP contribution in [0.4, 0.5) is 10.1 Å². The van der Waals surface area contributed by atoms with Gasteiger partial charge in [-0.25, -0.2) is 4.39 Å². The Bertz CT molecular complexity index is 1370. The number of Topliss-reactive ketones (excluding diaryl/α,β-unsaturated/α-hetero) is 1. The second kappa shape index (κ2) is 10.6. The summed E-state index contributed by atoms with van der Waals surface area (Å²) in [6.07, 6.45) is 0. The minimum Gasteiger partial charge on any atom is -0.507 e. The van der Waals surface area contributed by atoms with E-state index < -0.39 is 23.5 Å². The number of ketones is 1. The minimum atomic E-state index is -0.781. The van der Waals surface area contributed by atoms with Crippen LogP contribution < -0.4 is 4.90 Å². The van der Waals surface area contributed by atoms with Crippen LogP contribution in [0.5, 0.6) is 0 Å². The summed E-state index contributed by atoms with van der Waals surface area (Å²) >= 11 is 0. The molecule has 0 radical (unpaired) electrons. The number of halogens is 1. The number of aryl methyl sites for hydroxylation is 3. The van der Waals surface area contributed by atoms with Crippen molar-refractivity contribution in [1.82, 2.24) is 4.90 Å². The van der Waals surface area contributed by atoms with Crippen LogP contribution in [0, 0.1) is 26.6 Å². The first kappa shape index (κ1) is 26.1. The molecule has 3 aromatic carbocycles. The highest BCUT2D eigenvalue weighted by atomic mass is 19.1. The van der Waals surface area contributed by atoms with Gasteiger partial charge in [0.05, 0.1) is 11.6 Å². The van der Waals surface area contributed by atoms with E-state index in [1.165, 1.54) is 23.1 Å². The molecular formula is C31H33FN2O3. The molecule has 3 aromatic rings. The summed E-state index contributed by atoms with van der Waals surface area (Å²) in [6.45, 7) is 11.6. The number of rotatable bonds is 7. The Morgan fingerprint density at radius 2 is 1.59 bits per heavy atom. The number of benzene rings is 3. The molecule has 1 aliphatic heterocycles. The highest BCUT2D eigenvalue weighted by Gasteiger charge is 2.46. The van der Waals surface area contributed by atoms with Gasteiger partial charge in [0, 0.05) is 30.9 Å². The number of amides is 1. The Balaban J connectivity index is 1.87. The largest absolute Gasteiger partial charge is 0.507 e. The van der Waals surface area contributed by atoms with Gasteiger partial charge in [0.15, 0.2) is 0 Å². The van der Waals surface area contributed by atoms with E-state index in [-0.39, 0.29) is 17.9 Å². The third-order valence-corrected chi connectivity index (χ3v) is 7.15. The van der Waals surface area contributed by atoms with E-state index in [2.05, 4.69) is 18.7 Å². The van der Waals surface area contributed by atoms with E-state index >= 15 is 0 Å². The zero-order chi connectivity index (χ0) is 26.9. The lowest BCUT2D eigenvalue weighted by Crippen LogP contribution is -2.29. The van der Waals surface area contributed by atoms with Crippen LogP contribution >= 0.6 is 0 Å². The molecule has 0 saturated carbocycles. The lowest BCUT2D eigenvalue weighted by molar-refractivity contribution is -0.140. The van der Waals surface area contributed by atoms with Crippen molar-refractivity contribution >= 4 is 23.1 Å². The first-order valence-electron chi connectivity index (χ1n) is 12.6. The molecule has 1 unspecified atom stereocenters. The van der Waals surface area contributed by atoms with Gasteiger partial charge < -0.3 is 14.9 Å². The second-order valence-corrected chi connectivity index (χ2v) is 9.58. The number of carbonyl (C=O) groups is 2. The lowest BCUT2D eigenvalue weighted by atomic mass is 9.94. The third-order valence-electron chi connectivity index (χ3n) is 7.15.